The molecule has 0 saturated heterocycles. The van der Waals surface area contributed by atoms with Gasteiger partial charge in [-0.1, -0.05) is 13.8 Å². The quantitative estimate of drug-likeness (QED) is 0.446. The van der Waals surface area contributed by atoms with Crippen LogP contribution < -0.4 is 5.73 Å². The number of rotatable bonds is 4. The van der Waals surface area contributed by atoms with Gasteiger partial charge in [0.15, 0.2) is 5.84 Å². The zero-order valence-electron chi connectivity index (χ0n) is 10.6. The Balaban J connectivity index is 5.12. The number of aliphatic imine (C=N–C) groups is 2. The van der Waals surface area contributed by atoms with E-state index in [1.54, 1.807) is 13.1 Å². The topological polar surface area (TPSA) is 50.7 Å². The van der Waals surface area contributed by atoms with E-state index in [4.69, 9.17) is 5.73 Å². The van der Waals surface area contributed by atoms with Crippen molar-refractivity contribution < 1.29 is 4.39 Å². The molecule has 0 aromatic rings. The van der Waals surface area contributed by atoms with Crippen LogP contribution in [0.1, 0.15) is 34.6 Å². The molecule has 0 atom stereocenters. The molecule has 2 N–H and O–H groups in total. The molecule has 0 rings (SSSR count). The molecule has 0 aromatic carbocycles. The first-order chi connectivity index (χ1) is 7.38. The van der Waals surface area contributed by atoms with Crippen LogP contribution >= 0.6 is 0 Å². The maximum Gasteiger partial charge on any atom is 0.210 e. The van der Waals surface area contributed by atoms with Gasteiger partial charge in [0, 0.05) is 6.21 Å². The second-order valence-electron chi connectivity index (χ2n) is 3.98. The molecule has 0 radical (unpaired) electrons. The zero-order chi connectivity index (χ0) is 12.7. The van der Waals surface area contributed by atoms with Crippen molar-refractivity contribution in [1.82, 2.24) is 0 Å². The Kier molecular flexibility index (Phi) is 6.30. The summed E-state index contributed by atoms with van der Waals surface area (Å²) in [5.41, 5.74) is 7.12. The van der Waals surface area contributed by atoms with Crippen LogP contribution in [-0.2, 0) is 0 Å². The molecule has 0 fully saturated rings. The molecule has 4 heteroatoms. The van der Waals surface area contributed by atoms with Gasteiger partial charge in [-0.3, -0.25) is 4.99 Å². The smallest absolute Gasteiger partial charge is 0.210 e. The van der Waals surface area contributed by atoms with Gasteiger partial charge in [0.2, 0.25) is 5.95 Å². The first-order valence-electron chi connectivity index (χ1n) is 5.26. The Morgan fingerprint density at radius 2 is 1.88 bits per heavy atom. The Labute approximate surface area is 96.7 Å². The molecule has 0 aliphatic carbocycles. The van der Waals surface area contributed by atoms with E-state index in [-0.39, 0.29) is 5.84 Å². The van der Waals surface area contributed by atoms with E-state index in [1.165, 1.54) is 6.08 Å². The van der Waals surface area contributed by atoms with Crippen LogP contribution in [0.2, 0.25) is 0 Å². The highest BCUT2D eigenvalue weighted by Gasteiger charge is 2.04. The first kappa shape index (κ1) is 14.6. The van der Waals surface area contributed by atoms with Crippen molar-refractivity contribution in [2.75, 3.05) is 0 Å². The van der Waals surface area contributed by atoms with Crippen LogP contribution in [0.4, 0.5) is 4.39 Å². The monoisotopic (exact) mass is 225 g/mol. The molecule has 0 unspecified atom stereocenters. The maximum atomic E-state index is 12.9. The molecule has 0 bridgehead atoms. The highest BCUT2D eigenvalue weighted by molar-refractivity contribution is 5.98. The summed E-state index contributed by atoms with van der Waals surface area (Å²) in [5, 5.41) is 0. The summed E-state index contributed by atoms with van der Waals surface area (Å²) in [6.45, 7) is 9.30. The van der Waals surface area contributed by atoms with Gasteiger partial charge in [0.1, 0.15) is 5.70 Å². The van der Waals surface area contributed by atoms with Gasteiger partial charge in [-0.2, -0.15) is 4.39 Å². The van der Waals surface area contributed by atoms with E-state index in [0.717, 1.165) is 5.57 Å². The van der Waals surface area contributed by atoms with Crippen LogP contribution in [0, 0.1) is 5.92 Å². The highest BCUT2D eigenvalue weighted by Crippen LogP contribution is 2.08. The predicted octanol–water partition coefficient (Wildman–Crippen LogP) is 3.20. The number of nitrogens with two attached hydrogens (primary N) is 1. The van der Waals surface area contributed by atoms with Gasteiger partial charge in [-0.05, 0) is 38.3 Å². The van der Waals surface area contributed by atoms with Crippen molar-refractivity contribution in [2.24, 2.45) is 21.6 Å². The van der Waals surface area contributed by atoms with Crippen molar-refractivity contribution >= 4 is 12.1 Å². The average Bonchev–Trinajstić information content (AvgIpc) is 2.16. The fraction of sp³-hybridized carbons (Fsp3) is 0.500. The number of amidine groups is 1. The summed E-state index contributed by atoms with van der Waals surface area (Å²) in [5.74, 6) is -0.183. The number of nitrogens with zero attached hydrogens (tertiary/aromatic N) is 2. The summed E-state index contributed by atoms with van der Waals surface area (Å²) >= 11 is 0. The van der Waals surface area contributed by atoms with Crippen molar-refractivity contribution in [3.05, 3.63) is 23.3 Å². The maximum absolute atomic E-state index is 12.9. The van der Waals surface area contributed by atoms with Gasteiger partial charge in [-0.25, -0.2) is 4.99 Å². The minimum absolute atomic E-state index is 0.104. The Morgan fingerprint density at radius 1 is 1.31 bits per heavy atom. The summed E-state index contributed by atoms with van der Waals surface area (Å²) in [7, 11) is 0. The van der Waals surface area contributed by atoms with Crippen LogP contribution in [0.25, 0.3) is 0 Å². The molecular weight excluding hydrogens is 205 g/mol. The first-order valence-corrected chi connectivity index (χ1v) is 5.26. The molecule has 0 saturated carbocycles. The largest absolute Gasteiger partial charge is 0.382 e. The van der Waals surface area contributed by atoms with E-state index in [1.807, 2.05) is 27.7 Å². The summed E-state index contributed by atoms with van der Waals surface area (Å²) in [4.78, 5) is 7.83. The lowest BCUT2D eigenvalue weighted by atomic mass is 10.2. The van der Waals surface area contributed by atoms with E-state index in [2.05, 4.69) is 9.98 Å². The number of hydrogen-bond acceptors (Lipinski definition) is 2. The lowest BCUT2D eigenvalue weighted by molar-refractivity contribution is 0.626. The van der Waals surface area contributed by atoms with Crippen LogP contribution in [0.3, 0.4) is 0 Å². The fourth-order valence-electron chi connectivity index (χ4n) is 0.908. The van der Waals surface area contributed by atoms with Crippen LogP contribution in [0.15, 0.2) is 33.3 Å². The SMILES string of the molecule is C/C=C(F)\N=C(\N)C(/N=C\C(C)C)=C(C)C. The average molecular weight is 225 g/mol. The minimum atomic E-state index is -0.601. The van der Waals surface area contributed by atoms with Crippen LogP contribution in [-0.4, -0.2) is 12.1 Å². The minimum Gasteiger partial charge on any atom is -0.382 e. The lowest BCUT2D eigenvalue weighted by Crippen LogP contribution is -2.15. The Bertz CT molecular complexity index is 345. The summed E-state index contributed by atoms with van der Waals surface area (Å²) in [6, 6.07) is 0. The molecule has 0 aliphatic heterocycles. The molecular formula is C12H20FN3. The molecule has 0 aliphatic rings. The summed E-state index contributed by atoms with van der Waals surface area (Å²) in [6.07, 6.45) is 3.01. The number of hydrogen-bond donors (Lipinski definition) is 1. The third kappa shape index (κ3) is 5.44. The van der Waals surface area contributed by atoms with Crippen molar-refractivity contribution in [3.63, 3.8) is 0 Å². The van der Waals surface area contributed by atoms with E-state index in [0.29, 0.717) is 11.6 Å². The standard InChI is InChI=1S/C12H20FN3/c1-6-10(13)16-12(14)11(9(4)5)15-7-8(2)3/h6-8H,1-5H3,(H2,14,16)/b10-6-,15-7-. The molecule has 3 nitrogen and oxygen atoms in total. The van der Waals surface area contributed by atoms with Gasteiger partial charge in [-0.15, -0.1) is 0 Å². The molecule has 0 heterocycles. The molecule has 90 valence electrons. The molecule has 0 spiro atoms. The van der Waals surface area contributed by atoms with Gasteiger partial charge < -0.3 is 5.73 Å². The normalized spacial score (nSPS) is 13.7. The zero-order valence-corrected chi connectivity index (χ0v) is 10.6. The lowest BCUT2D eigenvalue weighted by Gasteiger charge is -2.04. The van der Waals surface area contributed by atoms with E-state index < -0.39 is 5.95 Å². The molecule has 0 aromatic heterocycles. The van der Waals surface area contributed by atoms with Crippen molar-refractivity contribution in [3.8, 4) is 0 Å². The predicted molar refractivity (Wildman–Crippen MR) is 68.2 cm³/mol. The Hall–Kier alpha value is -1.45. The number of halogens is 1. The Morgan fingerprint density at radius 3 is 2.25 bits per heavy atom. The van der Waals surface area contributed by atoms with Crippen molar-refractivity contribution in [1.29, 1.82) is 0 Å². The molecule has 0 amide bonds. The number of allylic oxidation sites excluding steroid dienone is 2. The van der Waals surface area contributed by atoms with Gasteiger partial charge >= 0.3 is 0 Å². The van der Waals surface area contributed by atoms with Crippen LogP contribution in [0.5, 0.6) is 0 Å². The van der Waals surface area contributed by atoms with E-state index >= 15 is 0 Å². The fourth-order valence-corrected chi connectivity index (χ4v) is 0.908. The van der Waals surface area contributed by atoms with Gasteiger partial charge in [0.25, 0.3) is 0 Å². The van der Waals surface area contributed by atoms with E-state index in [9.17, 15) is 4.39 Å². The second-order valence-corrected chi connectivity index (χ2v) is 3.98. The van der Waals surface area contributed by atoms with Crippen molar-refractivity contribution in [2.45, 2.75) is 34.6 Å². The third-order valence-electron chi connectivity index (χ3n) is 1.68. The third-order valence-corrected chi connectivity index (χ3v) is 1.68. The molecule has 16 heavy (non-hydrogen) atoms. The summed E-state index contributed by atoms with van der Waals surface area (Å²) < 4.78 is 12.9. The van der Waals surface area contributed by atoms with Gasteiger partial charge in [0.05, 0.1) is 0 Å². The second kappa shape index (κ2) is 6.93. The highest BCUT2D eigenvalue weighted by atomic mass is 19.1.